The summed E-state index contributed by atoms with van der Waals surface area (Å²) in [5.41, 5.74) is 5.50. The van der Waals surface area contributed by atoms with Gasteiger partial charge in [0.1, 0.15) is 0 Å². The quantitative estimate of drug-likeness (QED) is 0.596. The predicted octanol–water partition coefficient (Wildman–Crippen LogP) is 1.52. The monoisotopic (exact) mass is 202 g/mol. The largest absolute Gasteiger partial charge is 0.383 e. The van der Waals surface area contributed by atoms with E-state index in [4.69, 9.17) is 10.5 Å². The van der Waals surface area contributed by atoms with Gasteiger partial charge in [0.05, 0.1) is 6.61 Å². The minimum absolute atomic E-state index is 0.466. The number of nitrogens with two attached hydrogens (primary N) is 1. The summed E-state index contributed by atoms with van der Waals surface area (Å²) in [5.74, 6) is 0. The second kappa shape index (κ2) is 9.44. The van der Waals surface area contributed by atoms with E-state index in [0.29, 0.717) is 12.1 Å². The van der Waals surface area contributed by atoms with Gasteiger partial charge in [-0.05, 0) is 32.2 Å². The van der Waals surface area contributed by atoms with Gasteiger partial charge in [0, 0.05) is 19.2 Å². The van der Waals surface area contributed by atoms with E-state index in [1.165, 1.54) is 12.8 Å². The topological polar surface area (TPSA) is 47.3 Å². The molecule has 3 nitrogen and oxygen atoms in total. The Labute approximate surface area is 88.4 Å². The molecule has 86 valence electrons. The summed E-state index contributed by atoms with van der Waals surface area (Å²) >= 11 is 0. The number of nitrogens with one attached hydrogen (secondary N) is 1. The van der Waals surface area contributed by atoms with Crippen LogP contribution in [0.2, 0.25) is 0 Å². The summed E-state index contributed by atoms with van der Waals surface area (Å²) in [6.45, 7) is 5.99. The van der Waals surface area contributed by atoms with Gasteiger partial charge in [0.15, 0.2) is 0 Å². The van der Waals surface area contributed by atoms with Crippen LogP contribution in [-0.2, 0) is 4.74 Å². The van der Waals surface area contributed by atoms with E-state index < -0.39 is 0 Å². The molecule has 0 radical (unpaired) electrons. The molecule has 0 aromatic heterocycles. The van der Waals surface area contributed by atoms with Crippen LogP contribution in [0.4, 0.5) is 0 Å². The van der Waals surface area contributed by atoms with Crippen molar-refractivity contribution in [2.45, 2.75) is 51.6 Å². The number of ether oxygens (including phenoxy) is 1. The summed E-state index contributed by atoms with van der Waals surface area (Å²) in [6, 6.07) is 1.08. The molecule has 1 unspecified atom stereocenters. The highest BCUT2D eigenvalue weighted by Crippen LogP contribution is 2.03. The molecule has 14 heavy (non-hydrogen) atoms. The van der Waals surface area contributed by atoms with Crippen molar-refractivity contribution >= 4 is 0 Å². The molecular formula is C11H26N2O. The molecule has 3 N–H and O–H groups in total. The van der Waals surface area contributed by atoms with Gasteiger partial charge in [-0.2, -0.15) is 0 Å². The Balaban J connectivity index is 3.80. The molecule has 0 bridgehead atoms. The van der Waals surface area contributed by atoms with Crippen molar-refractivity contribution in [1.29, 1.82) is 0 Å². The first-order valence-electron chi connectivity index (χ1n) is 5.73. The Morgan fingerprint density at radius 3 is 2.29 bits per heavy atom. The molecule has 0 aromatic rings. The molecular weight excluding hydrogens is 176 g/mol. The van der Waals surface area contributed by atoms with Gasteiger partial charge in [-0.1, -0.05) is 13.8 Å². The molecule has 0 aliphatic heterocycles. The van der Waals surface area contributed by atoms with Crippen LogP contribution in [0.3, 0.4) is 0 Å². The van der Waals surface area contributed by atoms with Crippen molar-refractivity contribution in [3.05, 3.63) is 0 Å². The fourth-order valence-electron chi connectivity index (χ4n) is 1.64. The molecule has 0 spiro atoms. The van der Waals surface area contributed by atoms with Gasteiger partial charge in [0.25, 0.3) is 0 Å². The fourth-order valence-corrected chi connectivity index (χ4v) is 1.64. The summed E-state index contributed by atoms with van der Waals surface area (Å²) < 4.78 is 5.19. The molecule has 0 fully saturated rings. The van der Waals surface area contributed by atoms with E-state index in [1.807, 2.05) is 0 Å². The first-order valence-corrected chi connectivity index (χ1v) is 5.73. The maximum Gasteiger partial charge on any atom is 0.0615 e. The minimum Gasteiger partial charge on any atom is -0.383 e. The average Bonchev–Trinajstić information content (AvgIpc) is 2.22. The predicted molar refractivity (Wildman–Crippen MR) is 61.5 cm³/mol. The molecule has 0 amide bonds. The minimum atomic E-state index is 0.466. The molecule has 0 aliphatic rings. The fraction of sp³-hybridized carbons (Fsp3) is 1.00. The van der Waals surface area contributed by atoms with Crippen LogP contribution >= 0.6 is 0 Å². The van der Waals surface area contributed by atoms with E-state index in [-0.39, 0.29) is 0 Å². The zero-order valence-corrected chi connectivity index (χ0v) is 9.88. The molecule has 0 saturated heterocycles. The highest BCUT2D eigenvalue weighted by Gasteiger charge is 2.11. The van der Waals surface area contributed by atoms with Crippen LogP contribution in [0, 0.1) is 0 Å². The number of hydrogen-bond acceptors (Lipinski definition) is 3. The second-order valence-corrected chi connectivity index (χ2v) is 3.76. The molecule has 0 heterocycles. The van der Waals surface area contributed by atoms with Crippen LogP contribution in [0.15, 0.2) is 0 Å². The number of rotatable bonds is 9. The van der Waals surface area contributed by atoms with Crippen LogP contribution in [-0.4, -0.2) is 32.3 Å². The molecule has 0 aromatic carbocycles. The van der Waals surface area contributed by atoms with E-state index in [2.05, 4.69) is 19.2 Å². The SMILES string of the molecule is CCC(CC)NC(CCCN)COC. The lowest BCUT2D eigenvalue weighted by Crippen LogP contribution is -2.40. The van der Waals surface area contributed by atoms with E-state index >= 15 is 0 Å². The Bertz CT molecular complexity index is 116. The Kier molecular flexibility index (Phi) is 9.35. The second-order valence-electron chi connectivity index (χ2n) is 3.76. The first-order chi connectivity index (χ1) is 6.78. The lowest BCUT2D eigenvalue weighted by Gasteiger charge is -2.23. The lowest BCUT2D eigenvalue weighted by atomic mass is 10.1. The molecule has 0 aliphatic carbocycles. The van der Waals surface area contributed by atoms with Gasteiger partial charge in [-0.3, -0.25) is 0 Å². The van der Waals surface area contributed by atoms with Crippen LogP contribution < -0.4 is 11.1 Å². The van der Waals surface area contributed by atoms with Crippen molar-refractivity contribution in [2.75, 3.05) is 20.3 Å². The highest BCUT2D eigenvalue weighted by atomic mass is 16.5. The third-order valence-corrected chi connectivity index (χ3v) is 2.58. The van der Waals surface area contributed by atoms with Crippen molar-refractivity contribution in [2.24, 2.45) is 5.73 Å². The summed E-state index contributed by atoms with van der Waals surface area (Å²) in [4.78, 5) is 0. The zero-order chi connectivity index (χ0) is 10.8. The van der Waals surface area contributed by atoms with Crippen molar-refractivity contribution in [3.63, 3.8) is 0 Å². The first kappa shape index (κ1) is 13.9. The maximum atomic E-state index is 5.50. The van der Waals surface area contributed by atoms with Crippen LogP contribution in [0.1, 0.15) is 39.5 Å². The van der Waals surface area contributed by atoms with Gasteiger partial charge in [0.2, 0.25) is 0 Å². The number of methoxy groups -OCH3 is 1. The van der Waals surface area contributed by atoms with Crippen LogP contribution in [0.5, 0.6) is 0 Å². The normalized spacial score (nSPS) is 13.5. The smallest absolute Gasteiger partial charge is 0.0615 e. The van der Waals surface area contributed by atoms with E-state index in [0.717, 1.165) is 26.0 Å². The van der Waals surface area contributed by atoms with Crippen LogP contribution in [0.25, 0.3) is 0 Å². The lowest BCUT2D eigenvalue weighted by molar-refractivity contribution is 0.154. The van der Waals surface area contributed by atoms with E-state index in [9.17, 15) is 0 Å². The van der Waals surface area contributed by atoms with Crippen molar-refractivity contribution in [1.82, 2.24) is 5.32 Å². The molecule has 0 saturated carbocycles. The average molecular weight is 202 g/mol. The summed E-state index contributed by atoms with van der Waals surface area (Å²) in [6.07, 6.45) is 4.54. The Hall–Kier alpha value is -0.120. The third kappa shape index (κ3) is 6.35. The summed E-state index contributed by atoms with van der Waals surface area (Å²) in [5, 5.41) is 3.61. The van der Waals surface area contributed by atoms with Gasteiger partial charge >= 0.3 is 0 Å². The Morgan fingerprint density at radius 2 is 1.86 bits per heavy atom. The molecule has 3 heteroatoms. The van der Waals surface area contributed by atoms with Crippen molar-refractivity contribution in [3.8, 4) is 0 Å². The zero-order valence-electron chi connectivity index (χ0n) is 9.88. The summed E-state index contributed by atoms with van der Waals surface area (Å²) in [7, 11) is 1.75. The molecule has 1 atom stereocenters. The number of hydrogen-bond donors (Lipinski definition) is 2. The molecule has 0 rings (SSSR count). The van der Waals surface area contributed by atoms with Gasteiger partial charge in [-0.25, -0.2) is 0 Å². The highest BCUT2D eigenvalue weighted by molar-refractivity contribution is 4.72. The Morgan fingerprint density at radius 1 is 1.21 bits per heavy atom. The van der Waals surface area contributed by atoms with Gasteiger partial charge in [-0.15, -0.1) is 0 Å². The van der Waals surface area contributed by atoms with Gasteiger partial charge < -0.3 is 15.8 Å². The maximum absolute atomic E-state index is 5.50. The van der Waals surface area contributed by atoms with E-state index in [1.54, 1.807) is 7.11 Å². The standard InChI is InChI=1S/C11H26N2O/c1-4-10(5-2)13-11(9-14-3)7-6-8-12/h10-11,13H,4-9,12H2,1-3H3. The third-order valence-electron chi connectivity index (χ3n) is 2.58. The van der Waals surface area contributed by atoms with Crippen molar-refractivity contribution < 1.29 is 4.74 Å².